The molecule has 0 aromatic heterocycles. The molecular weight excluding hydrogens is 267 g/mol. The molecule has 0 bridgehead atoms. The predicted octanol–water partition coefficient (Wildman–Crippen LogP) is 2.52. The summed E-state index contributed by atoms with van der Waals surface area (Å²) in [6, 6.07) is 7.24. The fraction of sp³-hybridized carbons (Fsp3) is 0.600. The average molecular weight is 294 g/mol. The third kappa shape index (κ3) is 3.95. The minimum atomic E-state index is -1.81. The van der Waals surface area contributed by atoms with Crippen molar-refractivity contribution in [3.05, 3.63) is 29.8 Å². The second-order valence-corrected chi connectivity index (χ2v) is 11.4. The molecule has 3 nitrogen and oxygen atoms in total. The molecule has 1 aromatic carbocycles. The molecule has 0 amide bonds. The van der Waals surface area contributed by atoms with Gasteiger partial charge in [-0.3, -0.25) is 0 Å². The zero-order chi connectivity index (χ0) is 15.6. The normalized spacial score (nSPS) is 12.8. The van der Waals surface area contributed by atoms with Crippen molar-refractivity contribution in [1.82, 2.24) is 0 Å². The van der Waals surface area contributed by atoms with Gasteiger partial charge in [-0.25, -0.2) is 0 Å². The van der Waals surface area contributed by atoms with Gasteiger partial charge in [0.25, 0.3) is 0 Å². The van der Waals surface area contributed by atoms with Crippen molar-refractivity contribution in [2.45, 2.75) is 52.4 Å². The van der Waals surface area contributed by atoms with E-state index >= 15 is 0 Å². The quantitative estimate of drug-likeness (QED) is 0.793. The molecule has 0 fully saturated rings. The Morgan fingerprint density at radius 3 is 2.05 bits per heavy atom. The van der Waals surface area contributed by atoms with Crippen molar-refractivity contribution in [2.75, 3.05) is 0 Å². The van der Waals surface area contributed by atoms with Crippen LogP contribution in [0.25, 0.3) is 0 Å². The Morgan fingerprint density at radius 1 is 1.15 bits per heavy atom. The van der Waals surface area contributed by atoms with E-state index in [9.17, 15) is 0 Å². The Bertz CT molecular complexity index is 427. The minimum absolute atomic E-state index is 0.203. The van der Waals surface area contributed by atoms with Crippen LogP contribution in [0, 0.1) is 5.92 Å². The highest BCUT2D eigenvalue weighted by atomic mass is 28.4. The van der Waals surface area contributed by atoms with Crippen LogP contribution in [0.15, 0.2) is 24.3 Å². The van der Waals surface area contributed by atoms with Crippen molar-refractivity contribution in [3.8, 4) is 0 Å². The SMILES string of the molecule is CC(C)C(C)(C)[Si](C)(C)OCc1ccc(B(O)O)cc1. The predicted molar refractivity (Wildman–Crippen MR) is 87.4 cm³/mol. The van der Waals surface area contributed by atoms with Crippen LogP contribution >= 0.6 is 0 Å². The largest absolute Gasteiger partial charge is 0.488 e. The van der Waals surface area contributed by atoms with E-state index in [1.807, 2.05) is 12.1 Å². The number of hydrogen-bond donors (Lipinski definition) is 2. The van der Waals surface area contributed by atoms with Gasteiger partial charge in [0.2, 0.25) is 0 Å². The molecule has 0 aliphatic carbocycles. The van der Waals surface area contributed by atoms with Gasteiger partial charge in [-0.15, -0.1) is 0 Å². The summed E-state index contributed by atoms with van der Waals surface area (Å²) in [4.78, 5) is 0. The molecule has 0 radical (unpaired) electrons. The lowest BCUT2D eigenvalue weighted by Gasteiger charge is -2.42. The van der Waals surface area contributed by atoms with Crippen LogP contribution < -0.4 is 5.46 Å². The number of benzene rings is 1. The summed E-state index contributed by atoms with van der Waals surface area (Å²) in [5.41, 5.74) is 1.57. The van der Waals surface area contributed by atoms with E-state index in [2.05, 4.69) is 40.8 Å². The maximum atomic E-state index is 9.07. The van der Waals surface area contributed by atoms with Crippen LogP contribution in [0.4, 0.5) is 0 Å². The fourth-order valence-electron chi connectivity index (χ4n) is 1.93. The van der Waals surface area contributed by atoms with Crippen molar-refractivity contribution < 1.29 is 14.5 Å². The van der Waals surface area contributed by atoms with Gasteiger partial charge in [0, 0.05) is 0 Å². The molecule has 1 aromatic rings. The lowest BCUT2D eigenvalue weighted by molar-refractivity contribution is 0.256. The van der Waals surface area contributed by atoms with Crippen LogP contribution in [0.2, 0.25) is 18.1 Å². The van der Waals surface area contributed by atoms with E-state index in [4.69, 9.17) is 14.5 Å². The molecular formula is C15H27BO3Si. The van der Waals surface area contributed by atoms with Gasteiger partial charge in [0.15, 0.2) is 8.32 Å². The fourth-order valence-corrected chi connectivity index (χ4v) is 4.22. The van der Waals surface area contributed by atoms with E-state index in [0.717, 1.165) is 5.56 Å². The van der Waals surface area contributed by atoms with E-state index in [1.165, 1.54) is 0 Å². The molecule has 20 heavy (non-hydrogen) atoms. The molecule has 0 aliphatic heterocycles. The monoisotopic (exact) mass is 294 g/mol. The summed E-state index contributed by atoms with van der Waals surface area (Å²) in [5, 5.41) is 18.3. The van der Waals surface area contributed by atoms with Crippen molar-refractivity contribution in [3.63, 3.8) is 0 Å². The Morgan fingerprint density at radius 2 is 1.65 bits per heavy atom. The topological polar surface area (TPSA) is 49.7 Å². The highest BCUT2D eigenvalue weighted by molar-refractivity contribution is 6.74. The maximum Gasteiger partial charge on any atom is 0.488 e. The van der Waals surface area contributed by atoms with Crippen molar-refractivity contribution in [1.29, 1.82) is 0 Å². The molecule has 2 N–H and O–H groups in total. The van der Waals surface area contributed by atoms with E-state index in [1.54, 1.807) is 12.1 Å². The maximum absolute atomic E-state index is 9.07. The minimum Gasteiger partial charge on any atom is -0.423 e. The lowest BCUT2D eigenvalue weighted by atomic mass is 9.80. The van der Waals surface area contributed by atoms with Gasteiger partial charge < -0.3 is 14.5 Å². The van der Waals surface area contributed by atoms with Crippen LogP contribution in [0.3, 0.4) is 0 Å². The summed E-state index contributed by atoms with van der Waals surface area (Å²) in [5.74, 6) is 0.580. The third-order valence-electron chi connectivity index (χ3n) is 4.87. The summed E-state index contributed by atoms with van der Waals surface area (Å²) < 4.78 is 6.26. The summed E-state index contributed by atoms with van der Waals surface area (Å²) >= 11 is 0. The van der Waals surface area contributed by atoms with Gasteiger partial charge in [-0.2, -0.15) is 0 Å². The zero-order valence-corrected chi connectivity index (χ0v) is 14.5. The highest BCUT2D eigenvalue weighted by Gasteiger charge is 2.43. The second-order valence-electron chi connectivity index (χ2n) is 6.79. The van der Waals surface area contributed by atoms with E-state index < -0.39 is 15.4 Å². The number of rotatable bonds is 6. The molecule has 0 unspecified atom stereocenters. The number of hydrogen-bond acceptors (Lipinski definition) is 3. The lowest BCUT2D eigenvalue weighted by Crippen LogP contribution is -2.45. The van der Waals surface area contributed by atoms with Crippen LogP contribution in [-0.4, -0.2) is 25.5 Å². The Hall–Kier alpha value is -0.618. The average Bonchev–Trinajstić information content (AvgIpc) is 2.36. The molecule has 5 heteroatoms. The van der Waals surface area contributed by atoms with Gasteiger partial charge in [-0.05, 0) is 35.1 Å². The molecule has 0 saturated heterocycles. The molecule has 0 saturated carbocycles. The molecule has 0 heterocycles. The van der Waals surface area contributed by atoms with E-state index in [0.29, 0.717) is 18.0 Å². The Balaban J connectivity index is 2.71. The molecule has 0 aliphatic rings. The summed E-state index contributed by atoms with van der Waals surface area (Å²) in [6.07, 6.45) is 0. The first-order valence-electron chi connectivity index (χ1n) is 7.17. The Labute approximate surface area is 124 Å². The smallest absolute Gasteiger partial charge is 0.423 e. The van der Waals surface area contributed by atoms with Gasteiger partial charge in [0.05, 0.1) is 6.61 Å². The summed E-state index contributed by atoms with van der Waals surface area (Å²) in [6.45, 7) is 14.2. The van der Waals surface area contributed by atoms with Crippen molar-refractivity contribution in [2.24, 2.45) is 5.92 Å². The van der Waals surface area contributed by atoms with Gasteiger partial charge >= 0.3 is 7.12 Å². The molecule has 0 atom stereocenters. The first-order chi connectivity index (χ1) is 9.08. The standard InChI is InChI=1S/C15H27BO3Si/c1-12(2)15(3,4)20(5,6)19-11-13-7-9-14(10-8-13)16(17)18/h7-10,12,17-18H,11H2,1-6H3. The first kappa shape index (κ1) is 17.4. The van der Waals surface area contributed by atoms with Crippen LogP contribution in [0.1, 0.15) is 33.3 Å². The summed E-state index contributed by atoms with van der Waals surface area (Å²) in [7, 11) is -3.22. The molecule has 0 spiro atoms. The zero-order valence-electron chi connectivity index (χ0n) is 13.5. The third-order valence-corrected chi connectivity index (χ3v) is 9.42. The van der Waals surface area contributed by atoms with Crippen LogP contribution in [0.5, 0.6) is 0 Å². The van der Waals surface area contributed by atoms with Gasteiger partial charge in [0.1, 0.15) is 0 Å². The van der Waals surface area contributed by atoms with E-state index in [-0.39, 0.29) is 5.04 Å². The van der Waals surface area contributed by atoms with Gasteiger partial charge in [-0.1, -0.05) is 52.0 Å². The molecule has 112 valence electrons. The van der Waals surface area contributed by atoms with Crippen molar-refractivity contribution >= 4 is 20.9 Å². The first-order valence-corrected chi connectivity index (χ1v) is 10.1. The second kappa shape index (κ2) is 6.43. The molecule has 1 rings (SSSR count). The highest BCUT2D eigenvalue weighted by Crippen LogP contribution is 2.44. The Kier molecular flexibility index (Phi) is 5.61. The van der Waals surface area contributed by atoms with Crippen LogP contribution in [-0.2, 0) is 11.0 Å².